The molecule has 0 aliphatic rings. The fourth-order valence-corrected chi connectivity index (χ4v) is 1.41. The lowest BCUT2D eigenvalue weighted by atomic mass is 10.1. The molecule has 0 unspecified atom stereocenters. The van der Waals surface area contributed by atoms with Crippen LogP contribution in [0, 0.1) is 0 Å². The predicted molar refractivity (Wildman–Crippen MR) is 64.5 cm³/mol. The van der Waals surface area contributed by atoms with Gasteiger partial charge in [0.15, 0.2) is 0 Å². The zero-order chi connectivity index (χ0) is 13.7. The summed E-state index contributed by atoms with van der Waals surface area (Å²) in [5.41, 5.74) is 0.465. The maximum Gasteiger partial charge on any atom is 0.338 e. The molecule has 1 N–H and O–H groups in total. The normalized spacial score (nSPS) is 10.2. The smallest absolute Gasteiger partial charge is 0.338 e. The van der Waals surface area contributed by atoms with Crippen LogP contribution in [0.2, 0.25) is 0 Å². The van der Waals surface area contributed by atoms with E-state index in [1.54, 1.807) is 14.0 Å². The third-order valence-electron chi connectivity index (χ3n) is 2.51. The van der Waals surface area contributed by atoms with E-state index in [4.69, 9.17) is 9.84 Å². The van der Waals surface area contributed by atoms with Crippen molar-refractivity contribution >= 4 is 11.9 Å². The topological polar surface area (TPSA) is 79.7 Å². The molecule has 0 saturated carbocycles. The number of hydrogen-bond acceptors (Lipinski definition) is 4. The number of nitrogens with zero attached hydrogens (tertiary/aromatic N) is 2. The summed E-state index contributed by atoms with van der Waals surface area (Å²) >= 11 is 0. The molecule has 6 heteroatoms. The van der Waals surface area contributed by atoms with Crippen LogP contribution in [0.5, 0.6) is 0 Å². The minimum atomic E-state index is -1.17. The Morgan fingerprint density at radius 3 is 2.67 bits per heavy atom. The first kappa shape index (κ1) is 14.1. The van der Waals surface area contributed by atoms with Gasteiger partial charge in [-0.1, -0.05) is 0 Å². The monoisotopic (exact) mass is 252 g/mol. The molecule has 1 rings (SSSR count). The Bertz CT molecular complexity index is 459. The van der Waals surface area contributed by atoms with E-state index in [0.717, 1.165) is 0 Å². The van der Waals surface area contributed by atoms with Gasteiger partial charge >= 0.3 is 5.97 Å². The maximum atomic E-state index is 11.9. The van der Waals surface area contributed by atoms with E-state index in [2.05, 4.69) is 4.98 Å². The Labute approximate surface area is 105 Å². The van der Waals surface area contributed by atoms with E-state index in [-0.39, 0.29) is 17.9 Å². The average molecular weight is 252 g/mol. The van der Waals surface area contributed by atoms with Crippen LogP contribution in [-0.4, -0.2) is 47.6 Å². The van der Waals surface area contributed by atoms with Crippen LogP contribution in [-0.2, 0) is 11.3 Å². The molecular weight excluding hydrogens is 236 g/mol. The van der Waals surface area contributed by atoms with Crippen LogP contribution >= 0.6 is 0 Å². The standard InChI is InChI=1S/C12H16N2O4/c1-4-14(2)11(15)10-9(12(16)17)5-8(6-13-10)7-18-3/h5-6H,4,7H2,1-3H3,(H,16,17). The van der Waals surface area contributed by atoms with Crippen LogP contribution in [0.15, 0.2) is 12.3 Å². The highest BCUT2D eigenvalue weighted by Gasteiger charge is 2.21. The Hall–Kier alpha value is -1.95. The summed E-state index contributed by atoms with van der Waals surface area (Å²) in [5.74, 6) is -1.58. The minimum absolute atomic E-state index is 0.0493. The van der Waals surface area contributed by atoms with Gasteiger partial charge in [-0.25, -0.2) is 9.78 Å². The molecule has 1 heterocycles. The van der Waals surface area contributed by atoms with Gasteiger partial charge in [-0.3, -0.25) is 4.79 Å². The highest BCUT2D eigenvalue weighted by Crippen LogP contribution is 2.12. The van der Waals surface area contributed by atoms with Crippen LogP contribution in [0.1, 0.15) is 33.3 Å². The van der Waals surface area contributed by atoms with E-state index in [9.17, 15) is 9.59 Å². The van der Waals surface area contributed by atoms with Crippen molar-refractivity contribution in [3.05, 3.63) is 29.1 Å². The first-order valence-corrected chi connectivity index (χ1v) is 5.47. The number of pyridine rings is 1. The van der Waals surface area contributed by atoms with Gasteiger partial charge in [0, 0.05) is 26.9 Å². The summed E-state index contributed by atoms with van der Waals surface area (Å²) in [6.07, 6.45) is 1.45. The van der Waals surface area contributed by atoms with Crippen LogP contribution in [0.25, 0.3) is 0 Å². The van der Waals surface area contributed by atoms with Gasteiger partial charge in [0.05, 0.1) is 12.2 Å². The predicted octanol–water partition coefficient (Wildman–Crippen LogP) is 1.02. The summed E-state index contributed by atoms with van der Waals surface area (Å²) in [5, 5.41) is 9.11. The number of carboxylic acids is 1. The number of carbonyl (C=O) groups excluding carboxylic acids is 1. The van der Waals surface area contributed by atoms with Crippen LogP contribution < -0.4 is 0 Å². The number of aromatic carboxylic acids is 1. The first-order chi connectivity index (χ1) is 8.51. The quantitative estimate of drug-likeness (QED) is 0.846. The molecule has 0 radical (unpaired) electrons. The second-order valence-corrected chi connectivity index (χ2v) is 3.80. The van der Waals surface area contributed by atoms with Crippen molar-refractivity contribution < 1.29 is 19.4 Å². The van der Waals surface area contributed by atoms with E-state index in [1.165, 1.54) is 24.3 Å². The Morgan fingerprint density at radius 2 is 2.17 bits per heavy atom. The summed E-state index contributed by atoms with van der Waals surface area (Å²) in [6.45, 7) is 2.54. The number of ether oxygens (including phenoxy) is 1. The molecule has 1 amide bonds. The highest BCUT2D eigenvalue weighted by molar-refractivity contribution is 6.03. The summed E-state index contributed by atoms with van der Waals surface area (Å²) < 4.78 is 4.90. The van der Waals surface area contributed by atoms with Crippen molar-refractivity contribution in [3.8, 4) is 0 Å². The zero-order valence-corrected chi connectivity index (χ0v) is 10.6. The van der Waals surface area contributed by atoms with Gasteiger partial charge in [0.1, 0.15) is 5.69 Å². The molecule has 0 aliphatic heterocycles. The summed E-state index contributed by atoms with van der Waals surface area (Å²) in [4.78, 5) is 28.4. The number of amides is 1. The molecule has 0 fully saturated rings. The Balaban J connectivity index is 3.19. The molecule has 6 nitrogen and oxygen atoms in total. The lowest BCUT2D eigenvalue weighted by Crippen LogP contribution is -2.29. The zero-order valence-electron chi connectivity index (χ0n) is 10.6. The van der Waals surface area contributed by atoms with Gasteiger partial charge in [-0.2, -0.15) is 0 Å². The third kappa shape index (κ3) is 3.04. The molecule has 0 saturated heterocycles. The van der Waals surface area contributed by atoms with E-state index in [1.807, 2.05) is 0 Å². The highest BCUT2D eigenvalue weighted by atomic mass is 16.5. The van der Waals surface area contributed by atoms with Crippen molar-refractivity contribution in [3.63, 3.8) is 0 Å². The third-order valence-corrected chi connectivity index (χ3v) is 2.51. The molecule has 0 aromatic carbocycles. The summed E-state index contributed by atoms with van der Waals surface area (Å²) in [7, 11) is 3.10. The first-order valence-electron chi connectivity index (χ1n) is 5.47. The van der Waals surface area contributed by atoms with E-state index >= 15 is 0 Å². The van der Waals surface area contributed by atoms with Crippen molar-refractivity contribution in [1.29, 1.82) is 0 Å². The van der Waals surface area contributed by atoms with Crippen LogP contribution in [0.3, 0.4) is 0 Å². The fraction of sp³-hybridized carbons (Fsp3) is 0.417. The molecule has 0 bridgehead atoms. The lowest BCUT2D eigenvalue weighted by molar-refractivity contribution is 0.0680. The van der Waals surface area contributed by atoms with E-state index in [0.29, 0.717) is 12.1 Å². The minimum Gasteiger partial charge on any atom is -0.478 e. The summed E-state index contributed by atoms with van der Waals surface area (Å²) in [6, 6.07) is 1.41. The largest absolute Gasteiger partial charge is 0.478 e. The second-order valence-electron chi connectivity index (χ2n) is 3.80. The van der Waals surface area contributed by atoms with Crippen molar-refractivity contribution in [2.45, 2.75) is 13.5 Å². The van der Waals surface area contributed by atoms with Gasteiger partial charge < -0.3 is 14.7 Å². The second kappa shape index (κ2) is 6.11. The molecule has 18 heavy (non-hydrogen) atoms. The molecule has 1 aromatic rings. The van der Waals surface area contributed by atoms with Crippen molar-refractivity contribution in [2.75, 3.05) is 20.7 Å². The average Bonchev–Trinajstić information content (AvgIpc) is 2.37. The Morgan fingerprint density at radius 1 is 1.50 bits per heavy atom. The lowest BCUT2D eigenvalue weighted by Gasteiger charge is -2.15. The molecule has 0 aliphatic carbocycles. The number of aromatic nitrogens is 1. The molecule has 1 aromatic heterocycles. The molecule has 98 valence electrons. The number of rotatable bonds is 5. The van der Waals surface area contributed by atoms with Crippen molar-refractivity contribution in [1.82, 2.24) is 9.88 Å². The molecular formula is C12H16N2O4. The SMILES string of the molecule is CCN(C)C(=O)c1ncc(COC)cc1C(=O)O. The fourth-order valence-electron chi connectivity index (χ4n) is 1.41. The van der Waals surface area contributed by atoms with Gasteiger partial charge in [0.25, 0.3) is 5.91 Å². The number of carboxylic acid groups (broad SMARTS) is 1. The van der Waals surface area contributed by atoms with Crippen LogP contribution in [0.4, 0.5) is 0 Å². The van der Waals surface area contributed by atoms with Gasteiger partial charge in [-0.05, 0) is 18.6 Å². The maximum absolute atomic E-state index is 11.9. The Kier molecular flexibility index (Phi) is 4.79. The van der Waals surface area contributed by atoms with Crippen molar-refractivity contribution in [2.24, 2.45) is 0 Å². The molecule has 0 spiro atoms. The van der Waals surface area contributed by atoms with E-state index < -0.39 is 11.9 Å². The van der Waals surface area contributed by atoms with Gasteiger partial charge in [0.2, 0.25) is 0 Å². The van der Waals surface area contributed by atoms with Gasteiger partial charge in [-0.15, -0.1) is 0 Å². The number of carbonyl (C=O) groups is 2. The molecule has 0 atom stereocenters. The number of hydrogen-bond donors (Lipinski definition) is 1. The number of methoxy groups -OCH3 is 1.